The van der Waals surface area contributed by atoms with Crippen LogP contribution in [0.4, 0.5) is 10.7 Å². The maximum absolute atomic E-state index is 11.3. The minimum absolute atomic E-state index is 0.188. The van der Waals surface area contributed by atoms with Crippen LogP contribution >= 0.6 is 0 Å². The largest absolute Gasteiger partial charge is 0.465 e. The molecule has 1 aromatic heterocycles. The van der Waals surface area contributed by atoms with Crippen LogP contribution in [0.2, 0.25) is 0 Å². The summed E-state index contributed by atoms with van der Waals surface area (Å²) in [7, 11) is 0. The predicted molar refractivity (Wildman–Crippen MR) is 54.9 cm³/mol. The van der Waals surface area contributed by atoms with Gasteiger partial charge in [0, 0.05) is 5.56 Å². The van der Waals surface area contributed by atoms with E-state index in [2.05, 4.69) is 20.5 Å². The van der Waals surface area contributed by atoms with Crippen LogP contribution in [-0.4, -0.2) is 30.3 Å². The Morgan fingerprint density at radius 2 is 2.31 bits per heavy atom. The van der Waals surface area contributed by atoms with Crippen LogP contribution in [0.3, 0.4) is 0 Å². The number of esters is 1. The van der Waals surface area contributed by atoms with Gasteiger partial charge in [-0.1, -0.05) is 5.16 Å². The van der Waals surface area contributed by atoms with E-state index in [1.165, 1.54) is 6.20 Å². The number of amides is 2. The minimum atomic E-state index is -0.548. The van der Waals surface area contributed by atoms with E-state index in [-0.39, 0.29) is 19.0 Å². The van der Waals surface area contributed by atoms with Crippen LogP contribution in [0.15, 0.2) is 10.7 Å². The first-order valence-electron chi connectivity index (χ1n) is 4.75. The van der Waals surface area contributed by atoms with Gasteiger partial charge < -0.3 is 14.6 Å². The molecule has 1 rings (SSSR count). The lowest BCUT2D eigenvalue weighted by molar-refractivity contribution is -0.141. The molecule has 16 heavy (non-hydrogen) atoms. The van der Waals surface area contributed by atoms with Gasteiger partial charge in [0.15, 0.2) is 0 Å². The molecule has 0 fully saturated rings. The van der Waals surface area contributed by atoms with Crippen LogP contribution in [-0.2, 0) is 9.53 Å². The van der Waals surface area contributed by atoms with Gasteiger partial charge in [-0.3, -0.25) is 10.1 Å². The van der Waals surface area contributed by atoms with E-state index in [0.29, 0.717) is 5.56 Å². The van der Waals surface area contributed by atoms with Gasteiger partial charge >= 0.3 is 12.0 Å². The molecule has 0 aliphatic heterocycles. The first-order valence-corrected chi connectivity index (χ1v) is 4.75. The smallest absolute Gasteiger partial charge is 0.325 e. The summed E-state index contributed by atoms with van der Waals surface area (Å²) < 4.78 is 9.39. The lowest BCUT2D eigenvalue weighted by Gasteiger charge is -2.04. The molecule has 0 atom stereocenters. The van der Waals surface area contributed by atoms with Crippen LogP contribution in [0.25, 0.3) is 0 Å². The number of aromatic nitrogens is 1. The molecule has 0 spiro atoms. The monoisotopic (exact) mass is 227 g/mol. The first kappa shape index (κ1) is 12.0. The van der Waals surface area contributed by atoms with E-state index in [9.17, 15) is 9.59 Å². The molecule has 7 nitrogen and oxygen atoms in total. The van der Waals surface area contributed by atoms with Gasteiger partial charge in [0.2, 0.25) is 5.88 Å². The summed E-state index contributed by atoms with van der Waals surface area (Å²) in [6.45, 7) is 3.52. The third kappa shape index (κ3) is 3.60. The third-order valence-electron chi connectivity index (χ3n) is 1.67. The molecule has 7 heteroatoms. The lowest BCUT2D eigenvalue weighted by atomic mass is 10.4. The predicted octanol–water partition coefficient (Wildman–Crippen LogP) is 0.668. The van der Waals surface area contributed by atoms with Crippen molar-refractivity contribution in [3.63, 3.8) is 0 Å². The maximum Gasteiger partial charge on any atom is 0.325 e. The van der Waals surface area contributed by atoms with Gasteiger partial charge in [-0.05, 0) is 13.8 Å². The number of rotatable bonds is 4. The SMILES string of the molecule is CCOC(=O)CNC(=O)Nc1oncc1C. The molecule has 0 bridgehead atoms. The normalized spacial score (nSPS) is 9.62. The maximum atomic E-state index is 11.3. The van der Waals surface area contributed by atoms with Crippen LogP contribution in [0.1, 0.15) is 12.5 Å². The van der Waals surface area contributed by atoms with Crippen molar-refractivity contribution in [2.24, 2.45) is 0 Å². The van der Waals surface area contributed by atoms with E-state index in [1.807, 2.05) is 0 Å². The number of hydrogen-bond acceptors (Lipinski definition) is 5. The standard InChI is InChI=1S/C9H13N3O4/c1-3-15-7(13)5-10-9(14)12-8-6(2)4-11-16-8/h4H,3,5H2,1-2H3,(H2,10,12,14). The Bertz CT molecular complexity index is 375. The fraction of sp³-hybridized carbons (Fsp3) is 0.444. The summed E-state index contributed by atoms with van der Waals surface area (Å²) >= 11 is 0. The number of hydrogen-bond donors (Lipinski definition) is 2. The quantitative estimate of drug-likeness (QED) is 0.737. The zero-order chi connectivity index (χ0) is 12.0. The van der Waals surface area contributed by atoms with Crippen molar-refractivity contribution in [3.8, 4) is 0 Å². The van der Waals surface area contributed by atoms with E-state index >= 15 is 0 Å². The molecule has 1 heterocycles. The molecular weight excluding hydrogens is 214 g/mol. The van der Waals surface area contributed by atoms with E-state index in [0.717, 1.165) is 0 Å². The summed E-state index contributed by atoms with van der Waals surface area (Å²) in [6.07, 6.45) is 1.47. The van der Waals surface area contributed by atoms with Gasteiger partial charge in [-0.2, -0.15) is 0 Å². The van der Waals surface area contributed by atoms with Crippen molar-refractivity contribution >= 4 is 17.9 Å². The van der Waals surface area contributed by atoms with Crippen molar-refractivity contribution in [1.29, 1.82) is 0 Å². The van der Waals surface area contributed by atoms with E-state index in [4.69, 9.17) is 4.52 Å². The zero-order valence-corrected chi connectivity index (χ0v) is 9.07. The van der Waals surface area contributed by atoms with Crippen molar-refractivity contribution in [3.05, 3.63) is 11.8 Å². The highest BCUT2D eigenvalue weighted by molar-refractivity contribution is 5.90. The topological polar surface area (TPSA) is 93.5 Å². The number of ether oxygens (including phenoxy) is 1. The summed E-state index contributed by atoms with van der Waals surface area (Å²) in [5, 5.41) is 8.21. The molecule has 0 aliphatic carbocycles. The van der Waals surface area contributed by atoms with Gasteiger partial charge in [0.05, 0.1) is 12.8 Å². The van der Waals surface area contributed by atoms with Gasteiger partial charge in [0.25, 0.3) is 0 Å². The van der Waals surface area contributed by atoms with Gasteiger partial charge in [-0.25, -0.2) is 4.79 Å². The van der Waals surface area contributed by atoms with E-state index in [1.54, 1.807) is 13.8 Å². The number of anilines is 1. The number of nitrogens with one attached hydrogen (secondary N) is 2. The van der Waals surface area contributed by atoms with E-state index < -0.39 is 12.0 Å². The minimum Gasteiger partial charge on any atom is -0.465 e. The van der Waals surface area contributed by atoms with Crippen molar-refractivity contribution < 1.29 is 18.8 Å². The Labute approximate surface area is 92.1 Å². The average Bonchev–Trinajstić information content (AvgIpc) is 2.62. The average molecular weight is 227 g/mol. The summed E-state index contributed by atoms with van der Waals surface area (Å²) in [6, 6.07) is -0.548. The molecule has 88 valence electrons. The second-order valence-electron chi connectivity index (χ2n) is 2.95. The molecule has 0 aromatic carbocycles. The number of aryl methyl sites for hydroxylation is 1. The highest BCUT2D eigenvalue weighted by atomic mass is 16.5. The zero-order valence-electron chi connectivity index (χ0n) is 9.07. The fourth-order valence-electron chi connectivity index (χ4n) is 0.922. The summed E-state index contributed by atoms with van der Waals surface area (Å²) in [5.41, 5.74) is 0.700. The summed E-state index contributed by atoms with van der Waals surface area (Å²) in [4.78, 5) is 22.2. The number of carbonyl (C=O) groups is 2. The molecule has 0 unspecified atom stereocenters. The lowest BCUT2D eigenvalue weighted by Crippen LogP contribution is -2.34. The molecule has 0 saturated heterocycles. The third-order valence-corrected chi connectivity index (χ3v) is 1.67. The van der Waals surface area contributed by atoms with Crippen LogP contribution in [0.5, 0.6) is 0 Å². The van der Waals surface area contributed by atoms with Crippen molar-refractivity contribution in [2.45, 2.75) is 13.8 Å². The second-order valence-corrected chi connectivity index (χ2v) is 2.95. The molecule has 0 aliphatic rings. The Morgan fingerprint density at radius 3 is 2.88 bits per heavy atom. The number of urea groups is 1. The molecule has 0 saturated carbocycles. The van der Waals surface area contributed by atoms with Crippen LogP contribution in [0, 0.1) is 6.92 Å². The van der Waals surface area contributed by atoms with Crippen molar-refractivity contribution in [2.75, 3.05) is 18.5 Å². The molecular formula is C9H13N3O4. The molecule has 2 amide bonds. The number of nitrogens with zero attached hydrogens (tertiary/aromatic N) is 1. The Morgan fingerprint density at radius 1 is 1.56 bits per heavy atom. The molecule has 0 radical (unpaired) electrons. The van der Waals surface area contributed by atoms with Gasteiger partial charge in [-0.15, -0.1) is 0 Å². The Kier molecular flexibility index (Phi) is 4.31. The Hall–Kier alpha value is -2.05. The first-order chi connectivity index (χ1) is 7.63. The highest BCUT2D eigenvalue weighted by Gasteiger charge is 2.09. The number of carbonyl (C=O) groups excluding carboxylic acids is 2. The highest BCUT2D eigenvalue weighted by Crippen LogP contribution is 2.11. The summed E-state index contributed by atoms with van der Waals surface area (Å²) in [5.74, 6) is -0.242. The van der Waals surface area contributed by atoms with Crippen molar-refractivity contribution in [1.82, 2.24) is 10.5 Å². The fourth-order valence-corrected chi connectivity index (χ4v) is 0.922. The Balaban J connectivity index is 2.32. The molecule has 2 N–H and O–H groups in total. The van der Waals surface area contributed by atoms with Crippen LogP contribution < -0.4 is 10.6 Å². The van der Waals surface area contributed by atoms with Gasteiger partial charge in [0.1, 0.15) is 6.54 Å². The molecule has 1 aromatic rings. The second kappa shape index (κ2) is 5.74.